The first-order valence-corrected chi connectivity index (χ1v) is 6.45. The fourth-order valence-corrected chi connectivity index (χ4v) is 1.58. The van der Waals surface area contributed by atoms with Gasteiger partial charge < -0.3 is 15.6 Å². The van der Waals surface area contributed by atoms with E-state index in [1.54, 1.807) is 12.1 Å². The number of rotatable bonds is 4. The minimum atomic E-state index is -0.540. The molecule has 0 aliphatic heterocycles. The second-order valence-corrected chi connectivity index (χ2v) is 6.08. The molecule has 4 heteroatoms. The molecule has 102 valence electrons. The highest BCUT2D eigenvalue weighted by atomic mass is 35.5. The highest BCUT2D eigenvalue weighted by molar-refractivity contribution is 6.32. The molecule has 0 aliphatic rings. The highest BCUT2D eigenvalue weighted by Crippen LogP contribution is 2.28. The molecule has 0 saturated heterocycles. The molecule has 0 aromatic heterocycles. The Bertz CT molecular complexity index is 399. The minimum Gasteiger partial charge on any atom is -0.489 e. The Labute approximate surface area is 114 Å². The third-order valence-corrected chi connectivity index (χ3v) is 3.17. The quantitative estimate of drug-likeness (QED) is 0.885. The molecule has 18 heavy (non-hydrogen) atoms. The zero-order valence-corrected chi connectivity index (χ0v) is 12.2. The summed E-state index contributed by atoms with van der Waals surface area (Å²) < 4.78 is 5.54. The lowest BCUT2D eigenvalue weighted by atomic mass is 9.90. The normalized spacial score (nSPS) is 15.3. The Morgan fingerprint density at radius 2 is 2.00 bits per heavy atom. The first kappa shape index (κ1) is 15.3. The lowest BCUT2D eigenvalue weighted by Crippen LogP contribution is -2.31. The van der Waals surface area contributed by atoms with Crippen LogP contribution in [0.15, 0.2) is 18.2 Å². The van der Waals surface area contributed by atoms with Crippen LogP contribution in [0, 0.1) is 5.41 Å². The molecule has 0 spiro atoms. The molecule has 0 amide bonds. The van der Waals surface area contributed by atoms with Crippen LogP contribution in [0.25, 0.3) is 0 Å². The molecule has 1 rings (SSSR count). The van der Waals surface area contributed by atoms with Gasteiger partial charge in [0.1, 0.15) is 12.4 Å². The van der Waals surface area contributed by atoms with Crippen molar-refractivity contribution >= 4 is 11.6 Å². The predicted octanol–water partition coefficient (Wildman–Crippen LogP) is 3.15. The maximum atomic E-state index is 9.89. The summed E-state index contributed by atoms with van der Waals surface area (Å²) in [5, 5.41) is 10.4. The van der Waals surface area contributed by atoms with Crippen molar-refractivity contribution < 1.29 is 9.84 Å². The third kappa shape index (κ3) is 4.16. The molecule has 1 unspecified atom stereocenters. The van der Waals surface area contributed by atoms with Gasteiger partial charge in [-0.25, -0.2) is 0 Å². The molecule has 2 atom stereocenters. The topological polar surface area (TPSA) is 55.5 Å². The minimum absolute atomic E-state index is 0.0586. The van der Waals surface area contributed by atoms with E-state index in [1.807, 2.05) is 33.8 Å². The molecular weight excluding hydrogens is 250 g/mol. The first-order valence-electron chi connectivity index (χ1n) is 6.07. The van der Waals surface area contributed by atoms with Crippen LogP contribution in [-0.4, -0.2) is 17.8 Å². The van der Waals surface area contributed by atoms with Gasteiger partial charge >= 0.3 is 0 Å². The number of benzene rings is 1. The van der Waals surface area contributed by atoms with Gasteiger partial charge in [0.15, 0.2) is 0 Å². The predicted molar refractivity (Wildman–Crippen MR) is 75.0 cm³/mol. The zero-order chi connectivity index (χ0) is 13.9. The highest BCUT2D eigenvalue weighted by Gasteiger charge is 2.22. The molecule has 0 bridgehead atoms. The Morgan fingerprint density at radius 1 is 1.39 bits per heavy atom. The summed E-state index contributed by atoms with van der Waals surface area (Å²) in [6, 6.07) is 5.41. The Morgan fingerprint density at radius 3 is 2.44 bits per heavy atom. The zero-order valence-electron chi connectivity index (χ0n) is 11.4. The SMILES string of the molecule is C[C@@H](N)c1ccc(OCC(O)C(C)(C)C)c(Cl)c1. The summed E-state index contributed by atoms with van der Waals surface area (Å²) >= 11 is 6.11. The van der Waals surface area contributed by atoms with Crippen LogP contribution in [0.5, 0.6) is 5.75 Å². The Kier molecular flexibility index (Phi) is 5.02. The van der Waals surface area contributed by atoms with Crippen LogP contribution in [0.4, 0.5) is 0 Å². The van der Waals surface area contributed by atoms with E-state index in [1.165, 1.54) is 0 Å². The van der Waals surface area contributed by atoms with E-state index in [9.17, 15) is 5.11 Å². The molecular formula is C14H22ClNO2. The standard InChI is InChI=1S/C14H22ClNO2/c1-9(16)10-5-6-12(11(15)7-10)18-8-13(17)14(2,3)4/h5-7,9,13,17H,8,16H2,1-4H3/t9-,13?/m1/s1. The van der Waals surface area contributed by atoms with Gasteiger partial charge in [0, 0.05) is 6.04 Å². The summed E-state index contributed by atoms with van der Waals surface area (Å²) in [6.07, 6.45) is -0.540. The van der Waals surface area contributed by atoms with Gasteiger partial charge in [0.25, 0.3) is 0 Å². The van der Waals surface area contributed by atoms with Gasteiger partial charge in [-0.1, -0.05) is 38.4 Å². The lowest BCUT2D eigenvalue weighted by Gasteiger charge is -2.25. The van der Waals surface area contributed by atoms with Crippen molar-refractivity contribution in [1.82, 2.24) is 0 Å². The average molecular weight is 272 g/mol. The fraction of sp³-hybridized carbons (Fsp3) is 0.571. The van der Waals surface area contributed by atoms with Crippen molar-refractivity contribution in [2.75, 3.05) is 6.61 Å². The van der Waals surface area contributed by atoms with E-state index in [2.05, 4.69) is 0 Å². The van der Waals surface area contributed by atoms with Crippen molar-refractivity contribution in [3.63, 3.8) is 0 Å². The van der Waals surface area contributed by atoms with Gasteiger partial charge in [-0.2, -0.15) is 0 Å². The molecule has 1 aromatic rings. The molecule has 0 heterocycles. The Hall–Kier alpha value is -0.770. The smallest absolute Gasteiger partial charge is 0.138 e. The Balaban J connectivity index is 2.69. The van der Waals surface area contributed by atoms with E-state index < -0.39 is 6.10 Å². The number of ether oxygens (including phenoxy) is 1. The third-order valence-electron chi connectivity index (χ3n) is 2.88. The van der Waals surface area contributed by atoms with Crippen LogP contribution in [0.1, 0.15) is 39.3 Å². The van der Waals surface area contributed by atoms with Crippen molar-refractivity contribution in [2.24, 2.45) is 11.1 Å². The molecule has 0 saturated carbocycles. The van der Waals surface area contributed by atoms with Crippen molar-refractivity contribution in [3.8, 4) is 5.75 Å². The number of nitrogens with two attached hydrogens (primary N) is 1. The van der Waals surface area contributed by atoms with Crippen molar-refractivity contribution in [1.29, 1.82) is 0 Å². The van der Waals surface area contributed by atoms with E-state index in [0.717, 1.165) is 5.56 Å². The van der Waals surface area contributed by atoms with Gasteiger partial charge in [-0.05, 0) is 30.0 Å². The number of aliphatic hydroxyl groups excluding tert-OH is 1. The van der Waals surface area contributed by atoms with Crippen LogP contribution < -0.4 is 10.5 Å². The average Bonchev–Trinajstić information content (AvgIpc) is 2.25. The van der Waals surface area contributed by atoms with Crippen LogP contribution in [0.3, 0.4) is 0 Å². The number of aliphatic hydroxyl groups is 1. The molecule has 0 fully saturated rings. The summed E-state index contributed by atoms with van der Waals surface area (Å²) in [7, 11) is 0. The van der Waals surface area contributed by atoms with E-state index in [4.69, 9.17) is 22.1 Å². The maximum Gasteiger partial charge on any atom is 0.138 e. The van der Waals surface area contributed by atoms with Crippen molar-refractivity contribution in [3.05, 3.63) is 28.8 Å². The van der Waals surface area contributed by atoms with Gasteiger partial charge in [0.05, 0.1) is 11.1 Å². The van der Waals surface area contributed by atoms with E-state index in [0.29, 0.717) is 10.8 Å². The number of halogens is 1. The number of hydrogen-bond donors (Lipinski definition) is 2. The molecule has 1 aromatic carbocycles. The summed E-state index contributed by atoms with van der Waals surface area (Å²) in [4.78, 5) is 0. The second-order valence-electron chi connectivity index (χ2n) is 5.67. The van der Waals surface area contributed by atoms with Gasteiger partial charge in [-0.3, -0.25) is 0 Å². The van der Waals surface area contributed by atoms with Crippen LogP contribution in [0.2, 0.25) is 5.02 Å². The second kappa shape index (κ2) is 5.91. The van der Waals surface area contributed by atoms with E-state index in [-0.39, 0.29) is 18.1 Å². The van der Waals surface area contributed by atoms with Crippen molar-refractivity contribution in [2.45, 2.75) is 39.8 Å². The fourth-order valence-electron chi connectivity index (χ4n) is 1.34. The molecule has 3 nitrogen and oxygen atoms in total. The first-order chi connectivity index (χ1) is 8.21. The van der Waals surface area contributed by atoms with Crippen LogP contribution in [-0.2, 0) is 0 Å². The maximum absolute atomic E-state index is 9.89. The van der Waals surface area contributed by atoms with Gasteiger partial charge in [0.2, 0.25) is 0 Å². The largest absolute Gasteiger partial charge is 0.489 e. The number of hydrogen-bond acceptors (Lipinski definition) is 3. The lowest BCUT2D eigenvalue weighted by molar-refractivity contribution is 0.0218. The molecule has 0 radical (unpaired) electrons. The molecule has 3 N–H and O–H groups in total. The summed E-state index contributed by atoms with van der Waals surface area (Å²) in [6.45, 7) is 8.00. The van der Waals surface area contributed by atoms with E-state index >= 15 is 0 Å². The molecule has 0 aliphatic carbocycles. The summed E-state index contributed by atoms with van der Waals surface area (Å²) in [5.74, 6) is 0.573. The van der Waals surface area contributed by atoms with Crippen LogP contribution >= 0.6 is 11.6 Å². The monoisotopic (exact) mass is 271 g/mol. The summed E-state index contributed by atoms with van der Waals surface area (Å²) in [5.41, 5.74) is 6.52. The van der Waals surface area contributed by atoms with Gasteiger partial charge in [-0.15, -0.1) is 0 Å².